The van der Waals surface area contributed by atoms with Crippen molar-refractivity contribution in [2.75, 3.05) is 19.3 Å². The predicted octanol–water partition coefficient (Wildman–Crippen LogP) is 3.39. The monoisotopic (exact) mass is 412 g/mol. The minimum absolute atomic E-state index is 0.0664. The van der Waals surface area contributed by atoms with Crippen LogP contribution in [0, 0.1) is 5.92 Å². The lowest BCUT2D eigenvalue weighted by molar-refractivity contribution is -0.132. The lowest BCUT2D eigenvalue weighted by atomic mass is 10.0. The highest BCUT2D eigenvalue weighted by Crippen LogP contribution is 2.48. The molecule has 0 bridgehead atoms. The van der Waals surface area contributed by atoms with Crippen molar-refractivity contribution in [3.63, 3.8) is 0 Å². The number of amides is 1. The molecule has 0 aromatic heterocycles. The van der Waals surface area contributed by atoms with Gasteiger partial charge in [0.15, 0.2) is 0 Å². The summed E-state index contributed by atoms with van der Waals surface area (Å²) in [6.07, 6.45) is 4.40. The van der Waals surface area contributed by atoms with Gasteiger partial charge in [-0.2, -0.15) is 0 Å². The van der Waals surface area contributed by atoms with Gasteiger partial charge >= 0.3 is 0 Å². The Labute approximate surface area is 173 Å². The van der Waals surface area contributed by atoms with E-state index < -0.39 is 10.0 Å². The number of sulfonamides is 1. The third-order valence-electron chi connectivity index (χ3n) is 5.97. The van der Waals surface area contributed by atoms with Gasteiger partial charge in [0.1, 0.15) is 0 Å². The van der Waals surface area contributed by atoms with Gasteiger partial charge in [-0.15, -0.1) is 0 Å². The van der Waals surface area contributed by atoms with Crippen molar-refractivity contribution >= 4 is 15.9 Å². The van der Waals surface area contributed by atoms with Gasteiger partial charge in [-0.25, -0.2) is 13.1 Å². The summed E-state index contributed by atoms with van der Waals surface area (Å²) in [4.78, 5) is 14.9. The first-order chi connectivity index (χ1) is 13.9. The number of hydrogen-bond donors (Lipinski definition) is 1. The molecule has 1 heterocycles. The maximum Gasteiger partial charge on any atom is 0.226 e. The zero-order valence-electron chi connectivity index (χ0n) is 16.8. The molecule has 1 N–H and O–H groups in total. The van der Waals surface area contributed by atoms with E-state index in [2.05, 4.69) is 41.1 Å². The second-order valence-electron chi connectivity index (χ2n) is 8.28. The van der Waals surface area contributed by atoms with Crippen molar-refractivity contribution in [2.24, 2.45) is 5.92 Å². The number of nitrogens with zero attached hydrogens (tertiary/aromatic N) is 1. The molecule has 1 aliphatic heterocycles. The van der Waals surface area contributed by atoms with Crippen LogP contribution >= 0.6 is 0 Å². The second-order valence-corrected chi connectivity index (χ2v) is 10.1. The number of carbonyl (C=O) groups excluding carboxylic acids is 1. The number of carbonyl (C=O) groups is 1. The summed E-state index contributed by atoms with van der Waals surface area (Å²) >= 11 is 0. The molecule has 4 rings (SSSR count). The third-order valence-corrected chi connectivity index (χ3v) is 6.74. The lowest BCUT2D eigenvalue weighted by Gasteiger charge is -2.21. The average molecular weight is 413 g/mol. The van der Waals surface area contributed by atoms with E-state index in [1.54, 1.807) is 0 Å². The predicted molar refractivity (Wildman–Crippen MR) is 115 cm³/mol. The number of nitrogens with one attached hydrogen (secondary N) is 1. The van der Waals surface area contributed by atoms with Crippen LogP contribution in [0.2, 0.25) is 0 Å². The van der Waals surface area contributed by atoms with Crippen molar-refractivity contribution in [3.8, 4) is 11.1 Å². The highest BCUT2D eigenvalue weighted by molar-refractivity contribution is 7.88. The number of rotatable bonds is 5. The molecule has 3 unspecified atom stereocenters. The van der Waals surface area contributed by atoms with Crippen molar-refractivity contribution in [3.05, 3.63) is 60.2 Å². The van der Waals surface area contributed by atoms with Gasteiger partial charge in [0.2, 0.25) is 15.9 Å². The zero-order chi connectivity index (χ0) is 20.4. The molecule has 2 aliphatic rings. The van der Waals surface area contributed by atoms with Crippen molar-refractivity contribution in [2.45, 2.75) is 37.6 Å². The first-order valence-electron chi connectivity index (χ1n) is 10.3. The standard InChI is InChI=1S/C23H28N2O3S/c1-29(27,28)24-20-8-5-14-25(15-13-20)23(26)22-16-21(22)19-11-9-18(10-12-19)17-6-3-2-4-7-17/h2-4,6-7,9-12,20-22,24H,5,8,13-16H2,1H3. The van der Waals surface area contributed by atoms with E-state index in [9.17, 15) is 13.2 Å². The van der Waals surface area contributed by atoms with Crippen LogP contribution in [0.25, 0.3) is 11.1 Å². The van der Waals surface area contributed by atoms with Gasteiger partial charge in [0, 0.05) is 25.0 Å². The molecule has 1 aliphatic carbocycles. The Morgan fingerprint density at radius 2 is 1.66 bits per heavy atom. The Kier molecular flexibility index (Phi) is 5.74. The number of benzene rings is 2. The molecule has 2 fully saturated rings. The Bertz CT molecular complexity index is 957. The van der Waals surface area contributed by atoms with Crippen LogP contribution in [0.15, 0.2) is 54.6 Å². The Balaban J connectivity index is 1.34. The number of likely N-dealkylation sites (tertiary alicyclic amines) is 1. The molecule has 0 radical (unpaired) electrons. The van der Waals surface area contributed by atoms with Crippen LogP contribution in [0.3, 0.4) is 0 Å². The maximum atomic E-state index is 13.0. The van der Waals surface area contributed by atoms with Gasteiger partial charge in [-0.1, -0.05) is 54.6 Å². The Morgan fingerprint density at radius 3 is 2.34 bits per heavy atom. The van der Waals surface area contributed by atoms with E-state index in [-0.39, 0.29) is 17.9 Å². The highest BCUT2D eigenvalue weighted by Gasteiger charge is 2.45. The van der Waals surface area contributed by atoms with Crippen molar-refractivity contribution in [1.29, 1.82) is 0 Å². The molecule has 154 valence electrons. The second kappa shape index (κ2) is 8.28. The SMILES string of the molecule is CS(=O)(=O)NC1CCCN(C(=O)C2CC2c2ccc(-c3ccccc3)cc2)CC1. The summed E-state index contributed by atoms with van der Waals surface area (Å²) in [5.41, 5.74) is 3.62. The van der Waals surface area contributed by atoms with Crippen LogP contribution in [0.5, 0.6) is 0 Å². The molecule has 1 saturated heterocycles. The van der Waals surface area contributed by atoms with Gasteiger partial charge in [0.25, 0.3) is 0 Å². The quantitative estimate of drug-likeness (QED) is 0.819. The van der Waals surface area contributed by atoms with Gasteiger partial charge in [-0.3, -0.25) is 4.79 Å². The van der Waals surface area contributed by atoms with Gasteiger partial charge < -0.3 is 4.90 Å². The van der Waals surface area contributed by atoms with Crippen LogP contribution in [0.1, 0.15) is 37.2 Å². The largest absolute Gasteiger partial charge is 0.342 e. The molecule has 29 heavy (non-hydrogen) atoms. The molecule has 6 heteroatoms. The molecule has 5 nitrogen and oxygen atoms in total. The van der Waals surface area contributed by atoms with Crippen LogP contribution in [-0.2, 0) is 14.8 Å². The zero-order valence-corrected chi connectivity index (χ0v) is 17.6. The minimum Gasteiger partial charge on any atom is -0.342 e. The van der Waals surface area contributed by atoms with Crippen molar-refractivity contribution in [1.82, 2.24) is 9.62 Å². The fourth-order valence-corrected chi connectivity index (χ4v) is 5.20. The first-order valence-corrected chi connectivity index (χ1v) is 12.2. The number of hydrogen-bond acceptors (Lipinski definition) is 3. The molecule has 1 amide bonds. The molecular weight excluding hydrogens is 384 g/mol. The van der Waals surface area contributed by atoms with Crippen LogP contribution in [-0.4, -0.2) is 44.6 Å². The van der Waals surface area contributed by atoms with E-state index in [4.69, 9.17) is 0 Å². The molecule has 0 spiro atoms. The fraction of sp³-hybridized carbons (Fsp3) is 0.435. The summed E-state index contributed by atoms with van der Waals surface area (Å²) in [7, 11) is -3.20. The minimum atomic E-state index is -3.20. The normalized spacial score (nSPS) is 24.7. The molecule has 2 aromatic carbocycles. The van der Waals surface area contributed by atoms with E-state index in [1.807, 2.05) is 23.1 Å². The fourth-order valence-electron chi connectivity index (χ4n) is 4.36. The average Bonchev–Trinajstić information content (AvgIpc) is 3.52. The summed E-state index contributed by atoms with van der Waals surface area (Å²) in [5, 5.41) is 0. The van der Waals surface area contributed by atoms with E-state index in [1.165, 1.54) is 22.9 Å². The Morgan fingerprint density at radius 1 is 0.966 bits per heavy atom. The van der Waals surface area contributed by atoms with Crippen LogP contribution < -0.4 is 4.72 Å². The topological polar surface area (TPSA) is 66.5 Å². The van der Waals surface area contributed by atoms with Crippen molar-refractivity contribution < 1.29 is 13.2 Å². The molecule has 2 aromatic rings. The van der Waals surface area contributed by atoms with Crippen LogP contribution in [0.4, 0.5) is 0 Å². The summed E-state index contributed by atoms with van der Waals surface area (Å²) in [5.74, 6) is 0.597. The molecule has 1 saturated carbocycles. The molecular formula is C23H28N2O3S. The maximum absolute atomic E-state index is 13.0. The van der Waals surface area contributed by atoms with E-state index in [0.29, 0.717) is 18.9 Å². The smallest absolute Gasteiger partial charge is 0.226 e. The summed E-state index contributed by atoms with van der Waals surface area (Å²) < 4.78 is 25.6. The summed E-state index contributed by atoms with van der Waals surface area (Å²) in [6, 6.07) is 18.8. The lowest BCUT2D eigenvalue weighted by Crippen LogP contribution is -2.36. The summed E-state index contributed by atoms with van der Waals surface area (Å²) in [6.45, 7) is 1.35. The van der Waals surface area contributed by atoms with E-state index >= 15 is 0 Å². The Hall–Kier alpha value is -2.18. The molecule has 3 atom stereocenters. The van der Waals surface area contributed by atoms with Gasteiger partial charge in [0.05, 0.1) is 6.26 Å². The van der Waals surface area contributed by atoms with Gasteiger partial charge in [-0.05, 0) is 48.3 Å². The highest BCUT2D eigenvalue weighted by atomic mass is 32.2. The first kappa shape index (κ1) is 20.1. The third kappa shape index (κ3) is 5.06. The van der Waals surface area contributed by atoms with E-state index in [0.717, 1.165) is 25.8 Å².